The minimum Gasteiger partial charge on any atom is -0.466 e. The molecule has 2 fully saturated rings. The van der Waals surface area contributed by atoms with Crippen molar-refractivity contribution in [2.24, 2.45) is 5.92 Å². The molecule has 1 aliphatic heterocycles. The van der Waals surface area contributed by atoms with E-state index in [9.17, 15) is 14.4 Å². The van der Waals surface area contributed by atoms with Crippen molar-refractivity contribution >= 4 is 34.4 Å². The van der Waals surface area contributed by atoms with Crippen molar-refractivity contribution in [1.82, 2.24) is 15.2 Å². The van der Waals surface area contributed by atoms with Crippen molar-refractivity contribution in [1.29, 1.82) is 0 Å². The first-order valence-corrected chi connectivity index (χ1v) is 11.4. The second-order valence-corrected chi connectivity index (χ2v) is 8.54. The van der Waals surface area contributed by atoms with E-state index in [-0.39, 0.29) is 36.3 Å². The van der Waals surface area contributed by atoms with Crippen LogP contribution >= 0.6 is 11.3 Å². The number of urea groups is 1. The number of nitrogens with zero attached hydrogens (tertiary/aromatic N) is 2. The fourth-order valence-electron chi connectivity index (χ4n) is 3.93. The monoisotopic (exact) mass is 422 g/mol. The Morgan fingerprint density at radius 1 is 1.21 bits per heavy atom. The van der Waals surface area contributed by atoms with Crippen LogP contribution < -0.4 is 10.6 Å². The van der Waals surface area contributed by atoms with Gasteiger partial charge in [0.1, 0.15) is 0 Å². The molecule has 1 atom stereocenters. The molecule has 1 unspecified atom stereocenters. The molecule has 0 spiro atoms. The topological polar surface area (TPSA) is 101 Å². The Bertz CT molecular complexity index is 717. The first-order valence-electron chi connectivity index (χ1n) is 10.5. The molecule has 0 bridgehead atoms. The lowest BCUT2D eigenvalue weighted by Gasteiger charge is -2.31. The number of ether oxygens (including phenoxy) is 1. The molecule has 2 aliphatic rings. The average Bonchev–Trinajstić information content (AvgIpc) is 3.15. The molecule has 8 nitrogen and oxygen atoms in total. The van der Waals surface area contributed by atoms with Crippen molar-refractivity contribution in [3.05, 3.63) is 11.1 Å². The number of nitrogens with one attached hydrogen (secondary N) is 2. The Balaban J connectivity index is 1.47. The SMILES string of the molecule is CCOC(=O)C1CCCN(C(=O)Cc2csc(NC(=O)NC3CCCCC3)n2)C1. The number of thiazole rings is 1. The number of likely N-dealkylation sites (tertiary alicyclic amines) is 1. The van der Waals surface area contributed by atoms with Gasteiger partial charge in [0.2, 0.25) is 5.91 Å². The van der Waals surface area contributed by atoms with E-state index in [1.165, 1.54) is 17.8 Å². The number of amides is 3. The van der Waals surface area contributed by atoms with E-state index in [2.05, 4.69) is 15.6 Å². The van der Waals surface area contributed by atoms with Crippen molar-refractivity contribution < 1.29 is 19.1 Å². The van der Waals surface area contributed by atoms with E-state index in [0.29, 0.717) is 30.5 Å². The predicted octanol–water partition coefficient (Wildman–Crippen LogP) is 2.94. The maximum absolute atomic E-state index is 12.6. The van der Waals surface area contributed by atoms with Gasteiger partial charge in [-0.25, -0.2) is 9.78 Å². The average molecular weight is 423 g/mol. The normalized spacial score (nSPS) is 20.2. The van der Waals surface area contributed by atoms with E-state index < -0.39 is 0 Å². The molecule has 0 radical (unpaired) electrons. The Morgan fingerprint density at radius 2 is 2.00 bits per heavy atom. The molecule has 2 heterocycles. The summed E-state index contributed by atoms with van der Waals surface area (Å²) in [5.74, 6) is -0.527. The van der Waals surface area contributed by atoms with Crippen LogP contribution in [0.4, 0.5) is 9.93 Å². The predicted molar refractivity (Wildman–Crippen MR) is 111 cm³/mol. The van der Waals surface area contributed by atoms with E-state index in [4.69, 9.17) is 4.74 Å². The molecular weight excluding hydrogens is 392 g/mol. The molecule has 3 amide bonds. The summed E-state index contributed by atoms with van der Waals surface area (Å²) in [7, 11) is 0. The van der Waals surface area contributed by atoms with Gasteiger partial charge < -0.3 is 15.0 Å². The largest absolute Gasteiger partial charge is 0.466 e. The third-order valence-corrected chi connectivity index (χ3v) is 6.25. The lowest BCUT2D eigenvalue weighted by Crippen LogP contribution is -2.43. The summed E-state index contributed by atoms with van der Waals surface area (Å²) >= 11 is 1.31. The minimum absolute atomic E-state index is 0.0532. The number of carbonyl (C=O) groups is 3. The Hall–Kier alpha value is -2.16. The zero-order valence-corrected chi connectivity index (χ0v) is 17.8. The highest BCUT2D eigenvalue weighted by Crippen LogP contribution is 2.21. The van der Waals surface area contributed by atoms with Crippen LogP contribution in [0.1, 0.15) is 57.6 Å². The summed E-state index contributed by atoms with van der Waals surface area (Å²) in [6.45, 7) is 3.18. The molecule has 0 aromatic carbocycles. The summed E-state index contributed by atoms with van der Waals surface area (Å²) in [5.41, 5.74) is 0.631. The summed E-state index contributed by atoms with van der Waals surface area (Å²) in [4.78, 5) is 42.8. The lowest BCUT2D eigenvalue weighted by molar-refractivity contribution is -0.151. The molecule has 1 saturated carbocycles. The van der Waals surface area contributed by atoms with Crippen LogP contribution in [-0.4, -0.2) is 53.5 Å². The van der Waals surface area contributed by atoms with Gasteiger partial charge in [0.05, 0.1) is 24.6 Å². The van der Waals surface area contributed by atoms with Crippen molar-refractivity contribution in [2.45, 2.75) is 64.3 Å². The van der Waals surface area contributed by atoms with Gasteiger partial charge in [-0.15, -0.1) is 11.3 Å². The highest BCUT2D eigenvalue weighted by Gasteiger charge is 2.29. The van der Waals surface area contributed by atoms with Crippen LogP contribution in [0.15, 0.2) is 5.38 Å². The second kappa shape index (κ2) is 10.6. The number of hydrogen-bond donors (Lipinski definition) is 2. The number of carbonyl (C=O) groups excluding carboxylic acids is 3. The van der Waals surface area contributed by atoms with Gasteiger partial charge in [-0.2, -0.15) is 0 Å². The maximum Gasteiger partial charge on any atom is 0.321 e. The van der Waals surface area contributed by atoms with Crippen LogP contribution in [0.25, 0.3) is 0 Å². The standard InChI is InChI=1S/C20H30N4O4S/c1-2-28-18(26)14-7-6-10-24(12-14)17(25)11-16-13-29-20(22-16)23-19(27)21-15-8-4-3-5-9-15/h13-15H,2-12H2,1H3,(H2,21,22,23,27). The van der Waals surface area contributed by atoms with E-state index in [0.717, 1.165) is 38.5 Å². The van der Waals surface area contributed by atoms with Crippen LogP contribution in [0.5, 0.6) is 0 Å². The van der Waals surface area contributed by atoms with Crippen LogP contribution in [0, 0.1) is 5.92 Å². The fourth-order valence-corrected chi connectivity index (χ4v) is 4.64. The number of anilines is 1. The highest BCUT2D eigenvalue weighted by molar-refractivity contribution is 7.13. The van der Waals surface area contributed by atoms with E-state index in [1.807, 2.05) is 0 Å². The minimum atomic E-state index is -0.246. The van der Waals surface area contributed by atoms with Gasteiger partial charge in [0, 0.05) is 24.5 Å². The van der Waals surface area contributed by atoms with Crippen molar-refractivity contribution in [2.75, 3.05) is 25.0 Å². The molecule has 3 rings (SSSR count). The smallest absolute Gasteiger partial charge is 0.321 e. The van der Waals surface area contributed by atoms with Gasteiger partial charge in [-0.05, 0) is 32.6 Å². The lowest BCUT2D eigenvalue weighted by atomic mass is 9.96. The number of piperidine rings is 1. The number of rotatable bonds is 6. The quantitative estimate of drug-likeness (QED) is 0.687. The molecule has 1 aromatic rings. The first-order chi connectivity index (χ1) is 14.0. The second-order valence-electron chi connectivity index (χ2n) is 7.69. The maximum atomic E-state index is 12.6. The zero-order valence-electron chi connectivity index (χ0n) is 16.9. The van der Waals surface area contributed by atoms with Crippen LogP contribution in [0.3, 0.4) is 0 Å². The highest BCUT2D eigenvalue weighted by atomic mass is 32.1. The molecule has 1 saturated heterocycles. The fraction of sp³-hybridized carbons (Fsp3) is 0.700. The van der Waals surface area contributed by atoms with Gasteiger partial charge in [0.15, 0.2) is 5.13 Å². The van der Waals surface area contributed by atoms with Crippen LogP contribution in [-0.2, 0) is 20.7 Å². The van der Waals surface area contributed by atoms with Gasteiger partial charge in [-0.1, -0.05) is 19.3 Å². The van der Waals surface area contributed by atoms with E-state index >= 15 is 0 Å². The zero-order chi connectivity index (χ0) is 20.6. The number of aromatic nitrogens is 1. The number of esters is 1. The number of hydrogen-bond acceptors (Lipinski definition) is 6. The first kappa shape index (κ1) is 21.5. The third-order valence-electron chi connectivity index (χ3n) is 5.44. The molecule has 9 heteroatoms. The van der Waals surface area contributed by atoms with Gasteiger partial charge in [-0.3, -0.25) is 14.9 Å². The molecule has 2 N–H and O–H groups in total. The van der Waals surface area contributed by atoms with Gasteiger partial charge >= 0.3 is 12.0 Å². The Kier molecular flexibility index (Phi) is 7.85. The molecule has 29 heavy (non-hydrogen) atoms. The summed E-state index contributed by atoms with van der Waals surface area (Å²) in [6.07, 6.45) is 7.30. The third kappa shape index (κ3) is 6.42. The molecular formula is C20H30N4O4S. The Morgan fingerprint density at radius 3 is 2.76 bits per heavy atom. The molecule has 1 aliphatic carbocycles. The Labute approximate surface area is 175 Å². The van der Waals surface area contributed by atoms with E-state index in [1.54, 1.807) is 17.2 Å². The summed E-state index contributed by atoms with van der Waals surface area (Å²) in [5, 5.41) is 8.04. The molecule has 1 aromatic heterocycles. The van der Waals surface area contributed by atoms with Gasteiger partial charge in [0.25, 0.3) is 0 Å². The molecule has 160 valence electrons. The summed E-state index contributed by atoms with van der Waals surface area (Å²) in [6, 6.07) is -0.00589. The van der Waals surface area contributed by atoms with Crippen molar-refractivity contribution in [3.8, 4) is 0 Å². The van der Waals surface area contributed by atoms with Crippen molar-refractivity contribution in [3.63, 3.8) is 0 Å². The van der Waals surface area contributed by atoms with Crippen LogP contribution in [0.2, 0.25) is 0 Å². The summed E-state index contributed by atoms with van der Waals surface area (Å²) < 4.78 is 5.09.